The number of benzene rings is 2. The number of hydrogen-bond donors (Lipinski definition) is 1. The third-order valence-corrected chi connectivity index (χ3v) is 5.57. The first-order valence-electron chi connectivity index (χ1n) is 9.48. The van der Waals surface area contributed by atoms with Crippen LogP contribution in [0.5, 0.6) is 0 Å². The molecule has 0 bridgehead atoms. The van der Waals surface area contributed by atoms with Crippen LogP contribution in [0, 0.1) is 26.6 Å². The molecule has 0 fully saturated rings. The van der Waals surface area contributed by atoms with E-state index in [0.717, 1.165) is 37.9 Å². The van der Waals surface area contributed by atoms with Gasteiger partial charge in [-0.05, 0) is 62.2 Å². The Labute approximate surface area is 182 Å². The monoisotopic (exact) mass is 466 g/mol. The zero-order valence-corrected chi connectivity index (χ0v) is 18.4. The first kappa shape index (κ1) is 20.2. The van der Waals surface area contributed by atoms with Gasteiger partial charge in [-0.25, -0.2) is 4.39 Å². The van der Waals surface area contributed by atoms with Gasteiger partial charge in [-0.2, -0.15) is 5.10 Å². The van der Waals surface area contributed by atoms with Crippen LogP contribution in [0.4, 0.5) is 10.1 Å². The highest BCUT2D eigenvalue weighted by molar-refractivity contribution is 9.10. The predicted octanol–water partition coefficient (Wildman–Crippen LogP) is 5.56. The molecule has 2 aromatic carbocycles. The Balaban J connectivity index is 1.65. The van der Waals surface area contributed by atoms with Gasteiger partial charge in [-0.3, -0.25) is 14.5 Å². The zero-order chi connectivity index (χ0) is 21.4. The zero-order valence-electron chi connectivity index (χ0n) is 16.8. The van der Waals surface area contributed by atoms with Crippen molar-refractivity contribution >= 4 is 38.4 Å². The molecule has 0 atom stereocenters. The van der Waals surface area contributed by atoms with Crippen LogP contribution in [0.25, 0.3) is 10.9 Å². The molecule has 30 heavy (non-hydrogen) atoms. The van der Waals surface area contributed by atoms with Crippen LogP contribution < -0.4 is 5.32 Å². The molecule has 0 unspecified atom stereocenters. The lowest BCUT2D eigenvalue weighted by atomic mass is 10.1. The quantitative estimate of drug-likeness (QED) is 0.428. The highest BCUT2D eigenvalue weighted by atomic mass is 79.9. The minimum atomic E-state index is -0.272. The van der Waals surface area contributed by atoms with Crippen LogP contribution in [0.2, 0.25) is 0 Å². The third kappa shape index (κ3) is 3.85. The number of pyridine rings is 1. The Morgan fingerprint density at radius 1 is 1.13 bits per heavy atom. The number of carbonyl (C=O) groups is 1. The standard InChI is InChI=1S/C23H20BrFN4O/c1-13-10-17(24)11-20-19(8-9-26-21(13)20)23(30)27-22-14(2)28-29(15(22)3)12-16-4-6-18(25)7-5-16/h4-11H,12H2,1-3H3,(H,27,30). The molecule has 2 aromatic heterocycles. The van der Waals surface area contributed by atoms with E-state index in [1.165, 1.54) is 12.1 Å². The number of rotatable bonds is 4. The van der Waals surface area contributed by atoms with E-state index in [0.29, 0.717) is 17.8 Å². The topological polar surface area (TPSA) is 59.8 Å². The number of halogens is 2. The molecule has 0 radical (unpaired) electrons. The largest absolute Gasteiger partial charge is 0.319 e. The number of anilines is 1. The Bertz CT molecular complexity index is 1260. The lowest BCUT2D eigenvalue weighted by Gasteiger charge is -2.10. The van der Waals surface area contributed by atoms with Gasteiger partial charge in [-0.15, -0.1) is 0 Å². The fraction of sp³-hybridized carbons (Fsp3) is 0.174. The average Bonchev–Trinajstić information content (AvgIpc) is 2.96. The summed E-state index contributed by atoms with van der Waals surface area (Å²) in [4.78, 5) is 17.5. The molecule has 0 aliphatic heterocycles. The van der Waals surface area contributed by atoms with Crippen molar-refractivity contribution in [3.05, 3.63) is 87.0 Å². The summed E-state index contributed by atoms with van der Waals surface area (Å²) < 4.78 is 15.9. The number of carbonyl (C=O) groups excluding carboxylic acids is 1. The fourth-order valence-electron chi connectivity index (χ4n) is 3.56. The van der Waals surface area contributed by atoms with Gasteiger partial charge in [0.25, 0.3) is 5.91 Å². The minimum Gasteiger partial charge on any atom is -0.319 e. The summed E-state index contributed by atoms with van der Waals surface area (Å²) in [5.74, 6) is -0.487. The van der Waals surface area contributed by atoms with Crippen molar-refractivity contribution in [3.63, 3.8) is 0 Å². The Morgan fingerprint density at radius 2 is 1.87 bits per heavy atom. The Kier molecular flexibility index (Phi) is 5.39. The molecule has 2 heterocycles. The van der Waals surface area contributed by atoms with Crippen molar-refractivity contribution in [1.82, 2.24) is 14.8 Å². The molecule has 152 valence electrons. The number of amides is 1. The average molecular weight is 467 g/mol. The molecule has 0 saturated carbocycles. The van der Waals surface area contributed by atoms with Crippen LogP contribution in [0.1, 0.15) is 32.9 Å². The highest BCUT2D eigenvalue weighted by Gasteiger charge is 2.18. The number of hydrogen-bond acceptors (Lipinski definition) is 3. The van der Waals surface area contributed by atoms with Gasteiger partial charge in [0.05, 0.1) is 34.7 Å². The summed E-state index contributed by atoms with van der Waals surface area (Å²) in [5.41, 5.74) is 5.51. The summed E-state index contributed by atoms with van der Waals surface area (Å²) in [7, 11) is 0. The number of nitrogens with zero attached hydrogens (tertiary/aromatic N) is 3. The van der Waals surface area contributed by atoms with Gasteiger partial charge in [-0.1, -0.05) is 28.1 Å². The second kappa shape index (κ2) is 7.99. The molecular formula is C23H20BrFN4O. The molecule has 4 aromatic rings. The van der Waals surface area contributed by atoms with E-state index < -0.39 is 0 Å². The lowest BCUT2D eigenvalue weighted by molar-refractivity contribution is 0.102. The number of fused-ring (bicyclic) bond motifs is 1. The summed E-state index contributed by atoms with van der Waals surface area (Å²) >= 11 is 3.50. The summed E-state index contributed by atoms with van der Waals surface area (Å²) in [6.07, 6.45) is 1.65. The van der Waals surface area contributed by atoms with Crippen molar-refractivity contribution in [2.24, 2.45) is 0 Å². The highest BCUT2D eigenvalue weighted by Crippen LogP contribution is 2.27. The van der Waals surface area contributed by atoms with E-state index in [1.807, 2.05) is 37.6 Å². The first-order valence-corrected chi connectivity index (χ1v) is 10.3. The van der Waals surface area contributed by atoms with Crippen molar-refractivity contribution in [2.45, 2.75) is 27.3 Å². The van der Waals surface area contributed by atoms with Crippen molar-refractivity contribution in [1.29, 1.82) is 0 Å². The minimum absolute atomic E-state index is 0.215. The molecule has 0 aliphatic rings. The van der Waals surface area contributed by atoms with Crippen molar-refractivity contribution < 1.29 is 9.18 Å². The molecular weight excluding hydrogens is 447 g/mol. The van der Waals surface area contributed by atoms with E-state index in [4.69, 9.17) is 0 Å². The molecule has 0 aliphatic carbocycles. The molecule has 5 nitrogen and oxygen atoms in total. The Hall–Kier alpha value is -3.06. The fourth-order valence-corrected chi connectivity index (χ4v) is 4.13. The maximum absolute atomic E-state index is 13.2. The molecule has 7 heteroatoms. The van der Waals surface area contributed by atoms with Crippen LogP contribution in [0.3, 0.4) is 0 Å². The van der Waals surface area contributed by atoms with Crippen LogP contribution in [-0.2, 0) is 6.54 Å². The van der Waals surface area contributed by atoms with Crippen LogP contribution in [-0.4, -0.2) is 20.7 Å². The predicted molar refractivity (Wildman–Crippen MR) is 119 cm³/mol. The van der Waals surface area contributed by atoms with Crippen LogP contribution in [0.15, 0.2) is 53.1 Å². The maximum Gasteiger partial charge on any atom is 0.256 e. The number of nitrogens with one attached hydrogen (secondary N) is 1. The maximum atomic E-state index is 13.2. The lowest BCUT2D eigenvalue weighted by Crippen LogP contribution is -2.14. The van der Waals surface area contributed by atoms with E-state index in [2.05, 4.69) is 31.3 Å². The van der Waals surface area contributed by atoms with Gasteiger partial charge in [0, 0.05) is 16.1 Å². The second-order valence-corrected chi connectivity index (χ2v) is 8.18. The van der Waals surface area contributed by atoms with E-state index in [1.54, 1.807) is 24.4 Å². The van der Waals surface area contributed by atoms with Crippen molar-refractivity contribution in [2.75, 3.05) is 5.32 Å². The molecule has 0 saturated heterocycles. The van der Waals surface area contributed by atoms with Gasteiger partial charge < -0.3 is 5.32 Å². The third-order valence-electron chi connectivity index (χ3n) is 5.11. The van der Waals surface area contributed by atoms with E-state index in [-0.39, 0.29) is 11.7 Å². The number of aromatic nitrogens is 3. The SMILES string of the molecule is Cc1nn(Cc2ccc(F)cc2)c(C)c1NC(=O)c1ccnc2c(C)cc(Br)cc12. The van der Waals surface area contributed by atoms with Gasteiger partial charge in [0.2, 0.25) is 0 Å². The smallest absolute Gasteiger partial charge is 0.256 e. The Morgan fingerprint density at radius 3 is 2.60 bits per heavy atom. The number of aryl methyl sites for hydroxylation is 2. The first-order chi connectivity index (χ1) is 14.3. The normalized spacial score (nSPS) is 11.1. The van der Waals surface area contributed by atoms with Crippen LogP contribution >= 0.6 is 15.9 Å². The van der Waals surface area contributed by atoms with E-state index >= 15 is 0 Å². The summed E-state index contributed by atoms with van der Waals surface area (Å²) in [5, 5.41) is 8.36. The molecule has 1 amide bonds. The van der Waals surface area contributed by atoms with Gasteiger partial charge >= 0.3 is 0 Å². The van der Waals surface area contributed by atoms with E-state index in [9.17, 15) is 9.18 Å². The molecule has 4 rings (SSSR count). The summed E-state index contributed by atoms with van der Waals surface area (Å²) in [6, 6.07) is 11.9. The van der Waals surface area contributed by atoms with Gasteiger partial charge in [0.1, 0.15) is 5.82 Å². The second-order valence-electron chi connectivity index (χ2n) is 7.26. The molecule has 1 N–H and O–H groups in total. The summed E-state index contributed by atoms with van der Waals surface area (Å²) in [6.45, 7) is 6.22. The van der Waals surface area contributed by atoms with Crippen molar-refractivity contribution in [3.8, 4) is 0 Å². The molecule has 0 spiro atoms. The van der Waals surface area contributed by atoms with Gasteiger partial charge in [0.15, 0.2) is 0 Å².